The Bertz CT molecular complexity index is 1270. The highest BCUT2D eigenvalue weighted by molar-refractivity contribution is 7.92. The van der Waals surface area contributed by atoms with Gasteiger partial charge in [-0.3, -0.25) is 9.10 Å². The highest BCUT2D eigenvalue weighted by atomic mass is 35.5. The number of rotatable bonds is 8. The van der Waals surface area contributed by atoms with Gasteiger partial charge in [0.15, 0.2) is 0 Å². The SMILES string of the molecule is CCOC(=O)c1ccc(NC(=O)CN(c2ccc(C34CC5CC(CC(C5)C3)C4)cc2)S(C)(=O)=O)c(Cl)c1. The van der Waals surface area contributed by atoms with Gasteiger partial charge in [-0.25, -0.2) is 13.2 Å². The van der Waals surface area contributed by atoms with E-state index in [4.69, 9.17) is 16.3 Å². The van der Waals surface area contributed by atoms with Crippen LogP contribution in [0.3, 0.4) is 0 Å². The summed E-state index contributed by atoms with van der Waals surface area (Å²) in [7, 11) is -3.72. The maximum atomic E-state index is 12.8. The van der Waals surface area contributed by atoms with Crippen LogP contribution >= 0.6 is 11.6 Å². The molecule has 4 saturated carbocycles. The van der Waals surface area contributed by atoms with Gasteiger partial charge in [0.1, 0.15) is 6.54 Å². The molecule has 0 saturated heterocycles. The highest BCUT2D eigenvalue weighted by Crippen LogP contribution is 2.60. The number of amides is 1. The maximum absolute atomic E-state index is 12.8. The Balaban J connectivity index is 1.30. The Kier molecular flexibility index (Phi) is 7.00. The molecule has 0 aromatic heterocycles. The van der Waals surface area contributed by atoms with Crippen molar-refractivity contribution in [1.29, 1.82) is 0 Å². The van der Waals surface area contributed by atoms with Crippen molar-refractivity contribution >= 4 is 44.9 Å². The normalized spacial score (nSPS) is 26.1. The minimum Gasteiger partial charge on any atom is -0.462 e. The number of carbonyl (C=O) groups excluding carboxylic acids is 2. The van der Waals surface area contributed by atoms with Crippen molar-refractivity contribution in [2.75, 3.05) is 29.0 Å². The van der Waals surface area contributed by atoms with E-state index in [2.05, 4.69) is 17.4 Å². The number of nitrogens with zero attached hydrogens (tertiary/aromatic N) is 1. The van der Waals surface area contributed by atoms with Crippen LogP contribution < -0.4 is 9.62 Å². The average Bonchev–Trinajstić information content (AvgIpc) is 2.82. The van der Waals surface area contributed by atoms with Crippen molar-refractivity contribution < 1.29 is 22.7 Å². The fraction of sp³-hybridized carbons (Fsp3) is 0.500. The number of anilines is 2. The molecule has 0 aliphatic heterocycles. The zero-order valence-electron chi connectivity index (χ0n) is 21.2. The minimum atomic E-state index is -3.72. The monoisotopic (exact) mass is 544 g/mol. The Morgan fingerprint density at radius 1 is 1.03 bits per heavy atom. The number of sulfonamides is 1. The molecular weight excluding hydrogens is 512 g/mol. The molecule has 0 atom stereocenters. The molecule has 4 fully saturated rings. The zero-order chi connectivity index (χ0) is 26.4. The Hall–Kier alpha value is -2.58. The molecule has 0 heterocycles. The molecular formula is C28H33ClN2O5S. The van der Waals surface area contributed by atoms with E-state index in [1.165, 1.54) is 62.3 Å². The van der Waals surface area contributed by atoms with E-state index in [1.54, 1.807) is 6.92 Å². The van der Waals surface area contributed by atoms with E-state index in [0.29, 0.717) is 5.69 Å². The van der Waals surface area contributed by atoms with Gasteiger partial charge in [0.25, 0.3) is 0 Å². The highest BCUT2D eigenvalue weighted by Gasteiger charge is 2.51. The molecule has 4 bridgehead atoms. The first-order chi connectivity index (χ1) is 17.6. The standard InChI is InChI=1S/C28H33ClN2O5S/c1-3-36-27(33)21-4-9-25(24(29)13-21)30-26(32)17-31(37(2,34)35)23-7-5-22(6-8-23)28-14-18-10-19(15-28)12-20(11-18)16-28/h4-9,13,18-20H,3,10-12,14-17H2,1-2H3,(H,30,32). The number of carbonyl (C=O) groups is 2. The van der Waals surface area contributed by atoms with Crippen LogP contribution in [-0.4, -0.2) is 39.7 Å². The summed E-state index contributed by atoms with van der Waals surface area (Å²) >= 11 is 6.25. The third kappa shape index (κ3) is 5.36. The van der Waals surface area contributed by atoms with E-state index in [0.717, 1.165) is 28.3 Å². The van der Waals surface area contributed by atoms with Gasteiger partial charge in [-0.05, 0) is 105 Å². The average molecular weight is 545 g/mol. The summed E-state index contributed by atoms with van der Waals surface area (Å²) in [5.74, 6) is 1.41. The number of benzene rings is 2. The predicted octanol–water partition coefficient (Wildman–Crippen LogP) is 5.39. The van der Waals surface area contributed by atoms with Gasteiger partial charge >= 0.3 is 5.97 Å². The molecule has 0 radical (unpaired) electrons. The topological polar surface area (TPSA) is 92.8 Å². The van der Waals surface area contributed by atoms with Gasteiger partial charge in [0, 0.05) is 0 Å². The van der Waals surface area contributed by atoms with Crippen molar-refractivity contribution in [2.24, 2.45) is 17.8 Å². The largest absolute Gasteiger partial charge is 0.462 e. The van der Waals surface area contributed by atoms with E-state index in [9.17, 15) is 18.0 Å². The van der Waals surface area contributed by atoms with E-state index in [-0.39, 0.29) is 28.3 Å². The second-order valence-electron chi connectivity index (χ2n) is 11.0. The summed E-state index contributed by atoms with van der Waals surface area (Å²) < 4.78 is 31.4. The molecule has 0 unspecified atom stereocenters. The molecule has 2 aromatic rings. The zero-order valence-corrected chi connectivity index (χ0v) is 22.8. The summed E-state index contributed by atoms with van der Waals surface area (Å²) in [6.07, 6.45) is 8.87. The summed E-state index contributed by atoms with van der Waals surface area (Å²) in [5.41, 5.74) is 2.51. The number of nitrogens with one attached hydrogen (secondary N) is 1. The quantitative estimate of drug-likeness (QED) is 0.450. The van der Waals surface area contributed by atoms with Crippen LogP contribution in [0.25, 0.3) is 0 Å². The van der Waals surface area contributed by atoms with Crippen molar-refractivity contribution in [1.82, 2.24) is 0 Å². The van der Waals surface area contributed by atoms with Crippen molar-refractivity contribution in [2.45, 2.75) is 50.9 Å². The smallest absolute Gasteiger partial charge is 0.338 e. The molecule has 0 spiro atoms. The van der Waals surface area contributed by atoms with Crippen LogP contribution in [0.1, 0.15) is 61.4 Å². The first kappa shape index (κ1) is 26.0. The Morgan fingerprint density at radius 3 is 2.14 bits per heavy atom. The molecule has 1 N–H and O–H groups in total. The number of hydrogen-bond donors (Lipinski definition) is 1. The first-order valence-corrected chi connectivity index (χ1v) is 15.1. The molecule has 1 amide bonds. The van der Waals surface area contributed by atoms with Crippen molar-refractivity contribution in [3.63, 3.8) is 0 Å². The van der Waals surface area contributed by atoms with Gasteiger partial charge in [-0.1, -0.05) is 23.7 Å². The summed E-state index contributed by atoms with van der Waals surface area (Å²) in [6.45, 7) is 1.55. The van der Waals surface area contributed by atoms with Crippen LogP contribution in [0.5, 0.6) is 0 Å². The van der Waals surface area contributed by atoms with Crippen LogP contribution in [0.2, 0.25) is 5.02 Å². The second-order valence-corrected chi connectivity index (χ2v) is 13.3. The fourth-order valence-corrected chi connectivity index (χ4v) is 8.21. The van der Waals surface area contributed by atoms with Crippen LogP contribution in [-0.2, 0) is 25.0 Å². The molecule has 198 valence electrons. The van der Waals surface area contributed by atoms with Gasteiger partial charge in [-0.15, -0.1) is 0 Å². The molecule has 9 heteroatoms. The minimum absolute atomic E-state index is 0.157. The van der Waals surface area contributed by atoms with Crippen molar-refractivity contribution in [3.05, 3.63) is 58.6 Å². The molecule has 2 aromatic carbocycles. The summed E-state index contributed by atoms with van der Waals surface area (Å²) in [4.78, 5) is 24.7. The van der Waals surface area contributed by atoms with Crippen molar-refractivity contribution in [3.8, 4) is 0 Å². The summed E-state index contributed by atoms with van der Waals surface area (Å²) in [6, 6.07) is 12.2. The Morgan fingerprint density at radius 2 is 1.62 bits per heavy atom. The van der Waals surface area contributed by atoms with Crippen LogP contribution in [0, 0.1) is 17.8 Å². The second kappa shape index (κ2) is 9.95. The predicted molar refractivity (Wildman–Crippen MR) is 145 cm³/mol. The number of esters is 1. The lowest BCUT2D eigenvalue weighted by Gasteiger charge is -2.57. The number of hydrogen-bond acceptors (Lipinski definition) is 5. The molecule has 4 aliphatic rings. The van der Waals surface area contributed by atoms with Gasteiger partial charge < -0.3 is 10.1 Å². The van der Waals surface area contributed by atoms with Crippen LogP contribution in [0.15, 0.2) is 42.5 Å². The van der Waals surface area contributed by atoms with Gasteiger partial charge in [0.05, 0.1) is 34.8 Å². The first-order valence-electron chi connectivity index (χ1n) is 12.9. The van der Waals surface area contributed by atoms with E-state index in [1.807, 2.05) is 12.1 Å². The number of halogens is 1. The third-order valence-electron chi connectivity index (χ3n) is 8.25. The van der Waals surface area contributed by atoms with E-state index >= 15 is 0 Å². The van der Waals surface area contributed by atoms with Gasteiger partial charge in [0.2, 0.25) is 15.9 Å². The lowest BCUT2D eigenvalue weighted by molar-refractivity contribution is -0.114. The lowest BCUT2D eigenvalue weighted by Crippen LogP contribution is -2.48. The number of ether oxygens (including phenoxy) is 1. The molecule has 7 nitrogen and oxygen atoms in total. The molecule has 4 aliphatic carbocycles. The van der Waals surface area contributed by atoms with E-state index < -0.39 is 28.4 Å². The molecule has 37 heavy (non-hydrogen) atoms. The molecule has 6 rings (SSSR count). The van der Waals surface area contributed by atoms with Gasteiger partial charge in [-0.2, -0.15) is 0 Å². The summed E-state index contributed by atoms with van der Waals surface area (Å²) in [5, 5.41) is 2.81. The lowest BCUT2D eigenvalue weighted by atomic mass is 9.48. The third-order valence-corrected chi connectivity index (χ3v) is 9.70. The Labute approximate surface area is 223 Å². The fourth-order valence-electron chi connectivity index (χ4n) is 7.12. The van der Waals surface area contributed by atoms with Crippen LogP contribution in [0.4, 0.5) is 11.4 Å². The maximum Gasteiger partial charge on any atom is 0.338 e.